The van der Waals surface area contributed by atoms with Crippen LogP contribution < -0.4 is 5.32 Å². The lowest BCUT2D eigenvalue weighted by molar-refractivity contribution is -0.137. The number of likely N-dealkylation sites (tertiary alicyclic amines) is 1. The van der Waals surface area contributed by atoms with Gasteiger partial charge in [0.15, 0.2) is 0 Å². The van der Waals surface area contributed by atoms with Crippen molar-refractivity contribution in [2.75, 3.05) is 18.4 Å². The molecule has 3 rings (SSSR count). The Kier molecular flexibility index (Phi) is 5.49. The van der Waals surface area contributed by atoms with E-state index in [9.17, 15) is 9.59 Å². The molecule has 1 N–H and O–H groups in total. The largest absolute Gasteiger partial charge is 0.342 e. The molecule has 1 saturated heterocycles. The van der Waals surface area contributed by atoms with Crippen LogP contribution in [0.25, 0.3) is 0 Å². The minimum Gasteiger partial charge on any atom is -0.342 e. The predicted molar refractivity (Wildman–Crippen MR) is 102 cm³/mol. The minimum atomic E-state index is -0.445. The van der Waals surface area contributed by atoms with Crippen molar-refractivity contribution in [3.63, 3.8) is 0 Å². The molecule has 0 bridgehead atoms. The van der Waals surface area contributed by atoms with Gasteiger partial charge in [-0.2, -0.15) is 5.10 Å². The highest BCUT2D eigenvalue weighted by Gasteiger charge is 2.30. The minimum absolute atomic E-state index is 0.0165. The molecule has 6 nitrogen and oxygen atoms in total. The fraction of sp³-hybridized carbons (Fsp3) is 0.650. The molecule has 1 atom stereocenters. The van der Waals surface area contributed by atoms with Crippen LogP contribution in [0.4, 0.5) is 5.82 Å². The van der Waals surface area contributed by atoms with Gasteiger partial charge < -0.3 is 10.2 Å². The summed E-state index contributed by atoms with van der Waals surface area (Å²) in [6.07, 6.45) is 10.6. The van der Waals surface area contributed by atoms with Gasteiger partial charge >= 0.3 is 0 Å². The van der Waals surface area contributed by atoms with Crippen molar-refractivity contribution in [3.05, 3.63) is 24.4 Å². The van der Waals surface area contributed by atoms with E-state index in [4.69, 9.17) is 0 Å². The maximum Gasteiger partial charge on any atom is 0.230 e. The van der Waals surface area contributed by atoms with Crippen LogP contribution in [0.5, 0.6) is 0 Å². The molecular formula is C20H30N4O2. The topological polar surface area (TPSA) is 67.2 Å². The number of carbonyl (C=O) groups excluding carboxylic acids is 2. The predicted octanol–water partition coefficient (Wildman–Crippen LogP) is 3.39. The second-order valence-electron chi connectivity index (χ2n) is 8.40. The van der Waals surface area contributed by atoms with E-state index < -0.39 is 5.41 Å². The average Bonchev–Trinajstić information content (AvgIpc) is 3.09. The number of hydrogen-bond acceptors (Lipinski definition) is 3. The quantitative estimate of drug-likeness (QED) is 0.842. The number of piperidine rings is 1. The second-order valence-corrected chi connectivity index (χ2v) is 8.40. The number of nitrogens with one attached hydrogen (secondary N) is 1. The van der Waals surface area contributed by atoms with E-state index in [1.807, 2.05) is 36.4 Å². The fourth-order valence-electron chi connectivity index (χ4n) is 3.61. The molecule has 6 heteroatoms. The van der Waals surface area contributed by atoms with E-state index in [-0.39, 0.29) is 17.9 Å². The number of allylic oxidation sites excluding steroid dienone is 2. The van der Waals surface area contributed by atoms with E-state index in [2.05, 4.69) is 22.6 Å². The molecule has 0 aromatic carbocycles. The maximum atomic E-state index is 12.7. The van der Waals surface area contributed by atoms with Crippen molar-refractivity contribution in [2.24, 2.45) is 11.3 Å². The molecule has 2 aliphatic rings. The standard InChI is InChI=1S/C20H30N4O2/c1-20(2,3)19(26)22-17-9-12-21-24(17)16-10-13-23(14-11-16)18(25)15-7-5-4-6-8-15/h4-5,9,12,15-16H,6-8,10-11,13-14H2,1-3H3,(H,22,26)/t15-/m0/s1. The van der Waals surface area contributed by atoms with Crippen LogP contribution in [0, 0.1) is 11.3 Å². The van der Waals surface area contributed by atoms with Crippen LogP contribution in [-0.2, 0) is 9.59 Å². The zero-order valence-corrected chi connectivity index (χ0v) is 16.1. The highest BCUT2D eigenvalue weighted by molar-refractivity contribution is 5.93. The van der Waals surface area contributed by atoms with E-state index in [0.717, 1.165) is 51.0 Å². The third-order valence-corrected chi connectivity index (χ3v) is 5.33. The van der Waals surface area contributed by atoms with Gasteiger partial charge in [0, 0.05) is 30.5 Å². The van der Waals surface area contributed by atoms with Gasteiger partial charge in [-0.1, -0.05) is 32.9 Å². The number of rotatable bonds is 3. The maximum absolute atomic E-state index is 12.7. The zero-order chi connectivity index (χ0) is 18.7. The van der Waals surface area contributed by atoms with Crippen molar-refractivity contribution >= 4 is 17.6 Å². The molecule has 1 aliphatic heterocycles. The summed E-state index contributed by atoms with van der Waals surface area (Å²) in [6, 6.07) is 2.06. The number of amides is 2. The molecule has 0 radical (unpaired) electrons. The van der Waals surface area contributed by atoms with Gasteiger partial charge in [0.05, 0.1) is 12.2 Å². The van der Waals surface area contributed by atoms with E-state index >= 15 is 0 Å². The Balaban J connectivity index is 1.59. The van der Waals surface area contributed by atoms with Crippen molar-refractivity contribution < 1.29 is 9.59 Å². The Morgan fingerprint density at radius 1 is 1.15 bits per heavy atom. The highest BCUT2D eigenvalue weighted by Crippen LogP contribution is 2.29. The Morgan fingerprint density at radius 2 is 1.88 bits per heavy atom. The summed E-state index contributed by atoms with van der Waals surface area (Å²) in [5, 5.41) is 7.41. The molecular weight excluding hydrogens is 328 g/mol. The van der Waals surface area contributed by atoms with Crippen molar-refractivity contribution in [3.8, 4) is 0 Å². The molecule has 0 saturated carbocycles. The van der Waals surface area contributed by atoms with Crippen LogP contribution in [0.3, 0.4) is 0 Å². The van der Waals surface area contributed by atoms with Crippen molar-refractivity contribution in [1.29, 1.82) is 0 Å². The lowest BCUT2D eigenvalue weighted by atomic mass is 9.92. The van der Waals surface area contributed by atoms with Crippen LogP contribution in [0.2, 0.25) is 0 Å². The molecule has 0 spiro atoms. The normalized spacial score (nSPS) is 21.7. The third kappa shape index (κ3) is 4.17. The first kappa shape index (κ1) is 18.7. The molecule has 26 heavy (non-hydrogen) atoms. The number of aromatic nitrogens is 2. The summed E-state index contributed by atoms with van der Waals surface area (Å²) in [6.45, 7) is 7.21. The van der Waals surface area contributed by atoms with E-state index in [1.54, 1.807) is 6.20 Å². The lowest BCUT2D eigenvalue weighted by Gasteiger charge is -2.35. The van der Waals surface area contributed by atoms with Crippen LogP contribution in [0.15, 0.2) is 24.4 Å². The molecule has 142 valence electrons. The van der Waals surface area contributed by atoms with E-state index in [0.29, 0.717) is 5.91 Å². The average molecular weight is 358 g/mol. The molecule has 1 aliphatic carbocycles. The van der Waals surface area contributed by atoms with Crippen LogP contribution in [-0.4, -0.2) is 39.6 Å². The SMILES string of the molecule is CC(C)(C)C(=O)Nc1ccnn1C1CCN(C(=O)[C@H]2CC=CCC2)CC1. The number of hydrogen-bond donors (Lipinski definition) is 1. The molecule has 1 fully saturated rings. The Hall–Kier alpha value is -2.11. The molecule has 2 heterocycles. The summed E-state index contributed by atoms with van der Waals surface area (Å²) in [5.41, 5.74) is -0.445. The first-order valence-corrected chi connectivity index (χ1v) is 9.65. The number of anilines is 1. The Labute approximate surface area is 155 Å². The van der Waals surface area contributed by atoms with Crippen molar-refractivity contribution in [1.82, 2.24) is 14.7 Å². The first-order valence-electron chi connectivity index (χ1n) is 9.65. The van der Waals surface area contributed by atoms with Gasteiger partial charge in [0.2, 0.25) is 11.8 Å². The van der Waals surface area contributed by atoms with Gasteiger partial charge in [0.1, 0.15) is 5.82 Å². The van der Waals surface area contributed by atoms with Crippen molar-refractivity contribution in [2.45, 2.75) is 58.9 Å². The lowest BCUT2D eigenvalue weighted by Crippen LogP contribution is -2.42. The number of nitrogens with zero attached hydrogens (tertiary/aromatic N) is 3. The summed E-state index contributed by atoms with van der Waals surface area (Å²) in [7, 11) is 0. The third-order valence-electron chi connectivity index (χ3n) is 5.33. The summed E-state index contributed by atoms with van der Waals surface area (Å²) in [4.78, 5) is 27.0. The monoisotopic (exact) mass is 358 g/mol. The van der Waals surface area contributed by atoms with Crippen LogP contribution >= 0.6 is 0 Å². The van der Waals surface area contributed by atoms with Gasteiger partial charge in [-0.05, 0) is 32.1 Å². The van der Waals surface area contributed by atoms with Gasteiger partial charge in [0.25, 0.3) is 0 Å². The molecule has 1 aromatic rings. The van der Waals surface area contributed by atoms with Gasteiger partial charge in [-0.15, -0.1) is 0 Å². The highest BCUT2D eigenvalue weighted by atomic mass is 16.2. The summed E-state index contributed by atoms with van der Waals surface area (Å²) >= 11 is 0. The summed E-state index contributed by atoms with van der Waals surface area (Å²) in [5.74, 6) is 1.18. The molecule has 1 aromatic heterocycles. The second kappa shape index (κ2) is 7.64. The molecule has 2 amide bonds. The smallest absolute Gasteiger partial charge is 0.230 e. The van der Waals surface area contributed by atoms with E-state index in [1.165, 1.54) is 0 Å². The Bertz CT molecular complexity index is 678. The van der Waals surface area contributed by atoms with Gasteiger partial charge in [-0.25, -0.2) is 4.68 Å². The zero-order valence-electron chi connectivity index (χ0n) is 16.1. The number of carbonyl (C=O) groups is 2. The van der Waals surface area contributed by atoms with Gasteiger partial charge in [-0.3, -0.25) is 9.59 Å². The Morgan fingerprint density at radius 3 is 2.50 bits per heavy atom. The first-order chi connectivity index (χ1) is 12.4. The fourth-order valence-corrected chi connectivity index (χ4v) is 3.61. The molecule has 0 unspecified atom stereocenters. The van der Waals surface area contributed by atoms with Crippen LogP contribution in [0.1, 0.15) is 58.9 Å². The summed E-state index contributed by atoms with van der Waals surface area (Å²) < 4.78 is 1.91.